The standard InChI is InChI=1S/C16H19N3O3/c20-16(18-13-6-8-21-11-13)19-14(15-17-7-9-22-15)10-12-4-2-1-3-5-12/h1-5,7,9,13-14H,6,8,10-11H2,(H2,18,19,20)/t13-,14?/m1/s1. The number of nitrogens with zero attached hydrogens (tertiary/aromatic N) is 1. The van der Waals surface area contributed by atoms with E-state index in [1.54, 1.807) is 6.20 Å². The molecule has 1 aliphatic rings. The monoisotopic (exact) mass is 301 g/mol. The number of hydrogen-bond donors (Lipinski definition) is 2. The van der Waals surface area contributed by atoms with Crippen molar-refractivity contribution in [1.82, 2.24) is 15.6 Å². The number of rotatable bonds is 5. The Morgan fingerprint density at radius 1 is 1.36 bits per heavy atom. The summed E-state index contributed by atoms with van der Waals surface area (Å²) in [5.41, 5.74) is 1.11. The van der Waals surface area contributed by atoms with Gasteiger partial charge in [0.2, 0.25) is 5.89 Å². The molecule has 2 heterocycles. The van der Waals surface area contributed by atoms with Gasteiger partial charge in [0.15, 0.2) is 0 Å². The number of aromatic nitrogens is 1. The highest BCUT2D eigenvalue weighted by atomic mass is 16.5. The predicted octanol–water partition coefficient (Wildman–Crippen LogP) is 2.05. The quantitative estimate of drug-likeness (QED) is 0.886. The normalized spacial score (nSPS) is 18.8. The van der Waals surface area contributed by atoms with Crippen molar-refractivity contribution in [3.8, 4) is 0 Å². The summed E-state index contributed by atoms with van der Waals surface area (Å²) in [4.78, 5) is 16.3. The van der Waals surface area contributed by atoms with Crippen LogP contribution in [-0.2, 0) is 11.2 Å². The van der Waals surface area contributed by atoms with Gasteiger partial charge in [-0.15, -0.1) is 0 Å². The molecule has 2 atom stereocenters. The number of oxazole rings is 1. The molecule has 1 aromatic heterocycles. The van der Waals surface area contributed by atoms with E-state index < -0.39 is 0 Å². The highest BCUT2D eigenvalue weighted by Gasteiger charge is 2.22. The van der Waals surface area contributed by atoms with Crippen molar-refractivity contribution in [2.24, 2.45) is 0 Å². The number of benzene rings is 1. The average Bonchev–Trinajstić information content (AvgIpc) is 3.21. The van der Waals surface area contributed by atoms with E-state index in [1.807, 2.05) is 30.3 Å². The van der Waals surface area contributed by atoms with Gasteiger partial charge in [0, 0.05) is 13.0 Å². The second kappa shape index (κ2) is 7.09. The first kappa shape index (κ1) is 14.6. The molecule has 0 saturated carbocycles. The maximum atomic E-state index is 12.1. The summed E-state index contributed by atoms with van der Waals surface area (Å²) in [5, 5.41) is 5.85. The predicted molar refractivity (Wildman–Crippen MR) is 80.3 cm³/mol. The van der Waals surface area contributed by atoms with Crippen molar-refractivity contribution in [2.75, 3.05) is 13.2 Å². The number of carbonyl (C=O) groups excluding carboxylic acids is 1. The Morgan fingerprint density at radius 2 is 2.23 bits per heavy atom. The molecule has 1 fully saturated rings. The van der Waals surface area contributed by atoms with Gasteiger partial charge in [0.05, 0.1) is 18.8 Å². The summed E-state index contributed by atoms with van der Waals surface area (Å²) < 4.78 is 10.6. The molecule has 1 aromatic carbocycles. The summed E-state index contributed by atoms with van der Waals surface area (Å²) in [6, 6.07) is 9.47. The number of urea groups is 1. The van der Waals surface area contributed by atoms with Gasteiger partial charge in [0.25, 0.3) is 0 Å². The Hall–Kier alpha value is -2.34. The Labute approximate surface area is 128 Å². The van der Waals surface area contributed by atoms with Gasteiger partial charge in [-0.25, -0.2) is 9.78 Å². The molecule has 6 nitrogen and oxygen atoms in total. The molecule has 0 aliphatic carbocycles. The van der Waals surface area contributed by atoms with Crippen LogP contribution in [0.25, 0.3) is 0 Å². The van der Waals surface area contributed by atoms with Crippen LogP contribution >= 0.6 is 0 Å². The molecule has 2 N–H and O–H groups in total. The van der Waals surface area contributed by atoms with Crippen LogP contribution in [0.15, 0.2) is 47.2 Å². The molecule has 116 valence electrons. The van der Waals surface area contributed by atoms with E-state index in [1.165, 1.54) is 6.26 Å². The molecular weight excluding hydrogens is 282 g/mol. The molecular formula is C16H19N3O3. The van der Waals surface area contributed by atoms with Gasteiger partial charge >= 0.3 is 6.03 Å². The molecule has 1 unspecified atom stereocenters. The van der Waals surface area contributed by atoms with Gasteiger partial charge in [0.1, 0.15) is 12.3 Å². The Morgan fingerprint density at radius 3 is 2.91 bits per heavy atom. The molecule has 6 heteroatoms. The molecule has 2 aromatic rings. The zero-order valence-corrected chi connectivity index (χ0v) is 12.2. The van der Waals surface area contributed by atoms with Crippen LogP contribution in [-0.4, -0.2) is 30.3 Å². The number of hydrogen-bond acceptors (Lipinski definition) is 4. The van der Waals surface area contributed by atoms with Crippen LogP contribution in [0.4, 0.5) is 4.79 Å². The lowest BCUT2D eigenvalue weighted by molar-refractivity contribution is 0.188. The summed E-state index contributed by atoms with van der Waals surface area (Å²) in [6.45, 7) is 1.26. The lowest BCUT2D eigenvalue weighted by atomic mass is 10.1. The van der Waals surface area contributed by atoms with E-state index >= 15 is 0 Å². The maximum Gasteiger partial charge on any atom is 0.315 e. The van der Waals surface area contributed by atoms with Gasteiger partial charge < -0.3 is 19.8 Å². The Kier molecular flexibility index (Phi) is 4.70. The SMILES string of the molecule is O=C(NC(Cc1ccccc1)c1ncco1)N[C@@H]1CCOC1. The zero-order chi connectivity index (χ0) is 15.2. The van der Waals surface area contributed by atoms with Crippen LogP contribution in [0.1, 0.15) is 23.9 Å². The highest BCUT2D eigenvalue weighted by molar-refractivity contribution is 5.74. The minimum absolute atomic E-state index is 0.0712. The fourth-order valence-electron chi connectivity index (χ4n) is 2.49. The third kappa shape index (κ3) is 3.85. The van der Waals surface area contributed by atoms with E-state index in [0.717, 1.165) is 12.0 Å². The fraction of sp³-hybridized carbons (Fsp3) is 0.375. The van der Waals surface area contributed by atoms with E-state index in [4.69, 9.17) is 9.15 Å². The summed E-state index contributed by atoms with van der Waals surface area (Å²) in [7, 11) is 0. The van der Waals surface area contributed by atoms with E-state index in [0.29, 0.717) is 25.5 Å². The highest BCUT2D eigenvalue weighted by Crippen LogP contribution is 2.17. The fourth-order valence-corrected chi connectivity index (χ4v) is 2.49. The van der Waals surface area contributed by atoms with Crippen molar-refractivity contribution in [3.05, 3.63) is 54.2 Å². The summed E-state index contributed by atoms with van der Waals surface area (Å²) in [5.74, 6) is 0.502. The van der Waals surface area contributed by atoms with Crippen LogP contribution in [0, 0.1) is 0 Å². The lowest BCUT2D eigenvalue weighted by Crippen LogP contribution is -2.44. The first-order valence-electron chi connectivity index (χ1n) is 7.39. The van der Waals surface area contributed by atoms with Crippen molar-refractivity contribution in [3.63, 3.8) is 0 Å². The number of carbonyl (C=O) groups is 1. The van der Waals surface area contributed by atoms with Gasteiger partial charge in [-0.3, -0.25) is 0 Å². The number of ether oxygens (including phenoxy) is 1. The van der Waals surface area contributed by atoms with Crippen LogP contribution in [0.5, 0.6) is 0 Å². The van der Waals surface area contributed by atoms with Crippen molar-refractivity contribution < 1.29 is 13.9 Å². The van der Waals surface area contributed by atoms with Gasteiger partial charge in [-0.1, -0.05) is 30.3 Å². The minimum Gasteiger partial charge on any atom is -0.447 e. The summed E-state index contributed by atoms with van der Waals surface area (Å²) in [6.07, 6.45) is 4.56. The lowest BCUT2D eigenvalue weighted by Gasteiger charge is -2.18. The van der Waals surface area contributed by atoms with Crippen molar-refractivity contribution in [1.29, 1.82) is 0 Å². The third-order valence-electron chi connectivity index (χ3n) is 3.60. The van der Waals surface area contributed by atoms with Crippen LogP contribution < -0.4 is 10.6 Å². The smallest absolute Gasteiger partial charge is 0.315 e. The molecule has 2 amide bonds. The van der Waals surface area contributed by atoms with Crippen LogP contribution in [0.3, 0.4) is 0 Å². The minimum atomic E-state index is -0.306. The largest absolute Gasteiger partial charge is 0.447 e. The van der Waals surface area contributed by atoms with Gasteiger partial charge in [-0.2, -0.15) is 0 Å². The second-order valence-electron chi connectivity index (χ2n) is 5.29. The van der Waals surface area contributed by atoms with E-state index in [9.17, 15) is 4.79 Å². The van der Waals surface area contributed by atoms with Gasteiger partial charge in [-0.05, 0) is 12.0 Å². The third-order valence-corrected chi connectivity index (χ3v) is 3.60. The molecule has 1 saturated heterocycles. The molecule has 1 aliphatic heterocycles. The molecule has 22 heavy (non-hydrogen) atoms. The average molecular weight is 301 g/mol. The second-order valence-corrected chi connectivity index (χ2v) is 5.29. The maximum absolute atomic E-state index is 12.1. The molecule has 0 radical (unpaired) electrons. The topological polar surface area (TPSA) is 76.4 Å². The molecule has 0 spiro atoms. The summed E-state index contributed by atoms with van der Waals surface area (Å²) >= 11 is 0. The zero-order valence-electron chi connectivity index (χ0n) is 12.2. The van der Waals surface area contributed by atoms with E-state index in [-0.39, 0.29) is 18.1 Å². The Bertz CT molecular complexity index is 580. The first-order chi connectivity index (χ1) is 10.8. The van der Waals surface area contributed by atoms with Crippen molar-refractivity contribution >= 4 is 6.03 Å². The number of amides is 2. The first-order valence-corrected chi connectivity index (χ1v) is 7.39. The molecule has 0 bridgehead atoms. The molecule has 3 rings (SSSR count). The van der Waals surface area contributed by atoms with Crippen LogP contribution in [0.2, 0.25) is 0 Å². The van der Waals surface area contributed by atoms with E-state index in [2.05, 4.69) is 15.6 Å². The number of nitrogens with one attached hydrogen (secondary N) is 2. The Balaban J connectivity index is 1.64. The van der Waals surface area contributed by atoms with Crippen molar-refractivity contribution in [2.45, 2.75) is 24.9 Å².